The number of nitrogens with one attached hydrogen (secondary N) is 2. The lowest BCUT2D eigenvalue weighted by molar-refractivity contribution is 0.381. The predicted molar refractivity (Wildman–Crippen MR) is 87.0 cm³/mol. The summed E-state index contributed by atoms with van der Waals surface area (Å²) >= 11 is 0. The van der Waals surface area contributed by atoms with Gasteiger partial charge >= 0.3 is 5.69 Å². The summed E-state index contributed by atoms with van der Waals surface area (Å²) in [6.45, 7) is 2.16. The topological polar surface area (TPSA) is 113 Å². The number of H-pyrrole nitrogens is 1. The molecule has 2 aromatic heterocycles. The Labute approximate surface area is 134 Å². The maximum atomic E-state index is 11.8. The van der Waals surface area contributed by atoms with Crippen LogP contribution in [0.25, 0.3) is 11.2 Å². The van der Waals surface area contributed by atoms with Gasteiger partial charge in [0.2, 0.25) is 10.9 Å². The van der Waals surface area contributed by atoms with Crippen LogP contribution in [0.3, 0.4) is 0 Å². The van der Waals surface area contributed by atoms with Gasteiger partial charge < -0.3 is 4.90 Å². The van der Waals surface area contributed by atoms with Crippen LogP contribution in [0, 0.1) is 5.92 Å². The lowest BCUT2D eigenvalue weighted by Crippen LogP contribution is -2.35. The van der Waals surface area contributed by atoms with Gasteiger partial charge in [-0.15, -0.1) is 0 Å². The van der Waals surface area contributed by atoms with Gasteiger partial charge in [-0.25, -0.2) is 27.9 Å². The molecule has 3 heterocycles. The normalized spacial score (nSPS) is 16.5. The van der Waals surface area contributed by atoms with Gasteiger partial charge in [-0.2, -0.15) is 0 Å². The monoisotopic (exact) mass is 340 g/mol. The maximum absolute atomic E-state index is 11.8. The van der Waals surface area contributed by atoms with Crippen LogP contribution in [-0.2, 0) is 17.9 Å². The van der Waals surface area contributed by atoms with Gasteiger partial charge in [0.1, 0.15) is 11.8 Å². The molecule has 23 heavy (non-hydrogen) atoms. The van der Waals surface area contributed by atoms with Crippen LogP contribution in [0.4, 0.5) is 5.82 Å². The summed E-state index contributed by atoms with van der Waals surface area (Å²) in [5, 5.41) is 0. The summed E-state index contributed by atoms with van der Waals surface area (Å²) in [5.41, 5.74) is 1.07. The van der Waals surface area contributed by atoms with Crippen molar-refractivity contribution in [1.29, 1.82) is 0 Å². The molecule has 1 saturated heterocycles. The molecule has 0 radical (unpaired) electrons. The first-order chi connectivity index (χ1) is 11.1. The van der Waals surface area contributed by atoms with Crippen LogP contribution in [0.1, 0.15) is 19.3 Å². The molecule has 0 spiro atoms. The highest BCUT2D eigenvalue weighted by Gasteiger charge is 2.23. The van der Waals surface area contributed by atoms with E-state index in [1.165, 1.54) is 10.9 Å². The number of hydrogen-bond acceptors (Lipinski definition) is 6. The van der Waals surface area contributed by atoms with Crippen molar-refractivity contribution < 1.29 is 8.42 Å². The zero-order valence-corrected chi connectivity index (χ0v) is 13.8. The van der Waals surface area contributed by atoms with Crippen molar-refractivity contribution >= 4 is 27.9 Å². The Balaban J connectivity index is 1.70. The van der Waals surface area contributed by atoms with Crippen molar-refractivity contribution in [1.82, 2.24) is 24.2 Å². The molecular weight excluding hydrogens is 320 g/mol. The van der Waals surface area contributed by atoms with Crippen LogP contribution in [0.2, 0.25) is 0 Å². The number of anilines is 1. The average molecular weight is 340 g/mol. The van der Waals surface area contributed by atoms with Gasteiger partial charge in [0.15, 0.2) is 11.5 Å². The van der Waals surface area contributed by atoms with E-state index < -0.39 is 10.9 Å². The number of nitrogens with zero attached hydrogens (tertiary/aromatic N) is 4. The van der Waals surface area contributed by atoms with Crippen LogP contribution < -0.4 is 15.3 Å². The molecule has 0 unspecified atom stereocenters. The van der Waals surface area contributed by atoms with Crippen molar-refractivity contribution in [3.8, 4) is 0 Å². The maximum Gasteiger partial charge on any atom is 0.327 e. The van der Waals surface area contributed by atoms with Crippen molar-refractivity contribution in [3.05, 3.63) is 16.8 Å². The Bertz CT molecular complexity index is 811. The third kappa shape index (κ3) is 3.37. The smallest absolute Gasteiger partial charge is 0.327 e. The summed E-state index contributed by atoms with van der Waals surface area (Å²) in [5.74, 6) is 1.27. The number of aromatic nitrogens is 4. The van der Waals surface area contributed by atoms with E-state index in [4.69, 9.17) is 0 Å². The first kappa shape index (κ1) is 15.9. The predicted octanol–water partition coefficient (Wildman–Crippen LogP) is -0.621. The Morgan fingerprint density at radius 3 is 2.78 bits per heavy atom. The van der Waals surface area contributed by atoms with E-state index in [9.17, 15) is 13.2 Å². The van der Waals surface area contributed by atoms with Crippen LogP contribution >= 0.6 is 0 Å². The molecule has 126 valence electrons. The Morgan fingerprint density at radius 1 is 1.35 bits per heavy atom. The van der Waals surface area contributed by atoms with E-state index in [-0.39, 0.29) is 5.69 Å². The molecule has 1 aliphatic heterocycles. The SMILES string of the molecule is Cn1c(=O)[nH]c2ncnc(N3CCC(CCN[SH](=O)=O)CC3)c21. The Hall–Kier alpha value is -1.94. The van der Waals surface area contributed by atoms with E-state index in [2.05, 4.69) is 24.6 Å². The standard InChI is InChI=1S/C13H20N6O3S/c1-18-10-11(17-13(18)20)14-8-15-12(10)19-6-3-9(4-7-19)2-5-16-23(21)22/h8-9,23H,2-7H2,1H3,(H,16,21,22)(H,14,15,17,20). The van der Waals surface area contributed by atoms with Crippen LogP contribution in [0.5, 0.6) is 0 Å². The number of piperidine rings is 1. The fraction of sp³-hybridized carbons (Fsp3) is 0.615. The van der Waals surface area contributed by atoms with Crippen molar-refractivity contribution in [2.24, 2.45) is 13.0 Å². The molecule has 9 nitrogen and oxygen atoms in total. The number of aromatic amines is 1. The van der Waals surface area contributed by atoms with Crippen LogP contribution in [0.15, 0.2) is 11.1 Å². The van der Waals surface area contributed by atoms with E-state index in [0.717, 1.165) is 43.7 Å². The summed E-state index contributed by atoms with van der Waals surface area (Å²) < 4.78 is 25.0. The minimum absolute atomic E-state index is 0.200. The molecular formula is C13H20N6O3S. The fourth-order valence-corrected chi connectivity index (χ4v) is 3.39. The molecule has 0 aromatic carbocycles. The molecule has 3 rings (SSSR count). The van der Waals surface area contributed by atoms with E-state index in [0.29, 0.717) is 18.1 Å². The quantitative estimate of drug-likeness (QED) is 0.625. The molecule has 2 aromatic rings. The second-order valence-corrected chi connectivity index (χ2v) is 6.60. The minimum Gasteiger partial charge on any atom is -0.355 e. The molecule has 1 aliphatic rings. The first-order valence-electron chi connectivity index (χ1n) is 7.59. The molecule has 1 fully saturated rings. The fourth-order valence-electron chi connectivity index (χ4n) is 3.08. The molecule has 2 N–H and O–H groups in total. The van der Waals surface area contributed by atoms with Gasteiger partial charge in [-0.05, 0) is 25.2 Å². The second kappa shape index (κ2) is 6.67. The molecule has 0 atom stereocenters. The summed E-state index contributed by atoms with van der Waals surface area (Å²) in [6, 6.07) is 0. The third-order valence-corrected chi connectivity index (χ3v) is 4.86. The van der Waals surface area contributed by atoms with E-state index in [1.54, 1.807) is 7.05 Å². The third-order valence-electron chi connectivity index (χ3n) is 4.38. The number of hydrogen-bond donors (Lipinski definition) is 3. The van der Waals surface area contributed by atoms with Gasteiger partial charge in [-0.1, -0.05) is 0 Å². The average Bonchev–Trinajstić information content (AvgIpc) is 2.83. The molecule has 0 amide bonds. The molecule has 10 heteroatoms. The van der Waals surface area contributed by atoms with Crippen molar-refractivity contribution in [2.45, 2.75) is 19.3 Å². The zero-order chi connectivity index (χ0) is 16.4. The highest BCUT2D eigenvalue weighted by atomic mass is 32.2. The molecule has 0 saturated carbocycles. The van der Waals surface area contributed by atoms with Crippen molar-refractivity contribution in [2.75, 3.05) is 24.5 Å². The number of imidazole rings is 1. The summed E-state index contributed by atoms with van der Waals surface area (Å²) in [7, 11) is -0.802. The highest BCUT2D eigenvalue weighted by Crippen LogP contribution is 2.27. The molecule has 0 bridgehead atoms. The number of thiol groups is 1. The first-order valence-corrected chi connectivity index (χ1v) is 8.76. The van der Waals surface area contributed by atoms with Crippen LogP contribution in [-0.4, -0.2) is 47.6 Å². The Morgan fingerprint density at radius 2 is 2.09 bits per heavy atom. The number of rotatable bonds is 5. The van der Waals surface area contributed by atoms with Gasteiger partial charge in [0, 0.05) is 26.7 Å². The highest BCUT2D eigenvalue weighted by molar-refractivity contribution is 7.70. The summed E-state index contributed by atoms with van der Waals surface area (Å²) in [6.07, 6.45) is 4.26. The van der Waals surface area contributed by atoms with Crippen molar-refractivity contribution in [3.63, 3.8) is 0 Å². The molecule has 0 aliphatic carbocycles. The lowest BCUT2D eigenvalue weighted by atomic mass is 9.93. The number of aryl methyl sites for hydroxylation is 1. The minimum atomic E-state index is -2.51. The van der Waals surface area contributed by atoms with Gasteiger partial charge in [0.05, 0.1) is 0 Å². The van der Waals surface area contributed by atoms with E-state index >= 15 is 0 Å². The summed E-state index contributed by atoms with van der Waals surface area (Å²) in [4.78, 5) is 25.1. The largest absolute Gasteiger partial charge is 0.355 e. The van der Waals surface area contributed by atoms with E-state index in [1.807, 2.05) is 0 Å². The zero-order valence-electron chi connectivity index (χ0n) is 12.9. The second-order valence-electron chi connectivity index (χ2n) is 5.77. The lowest BCUT2D eigenvalue weighted by Gasteiger charge is -2.33. The van der Waals surface area contributed by atoms with Gasteiger partial charge in [0.25, 0.3) is 0 Å². The Kier molecular flexibility index (Phi) is 4.62. The number of fused-ring (bicyclic) bond motifs is 1. The van der Waals surface area contributed by atoms with Gasteiger partial charge in [-0.3, -0.25) is 9.55 Å².